The van der Waals surface area contributed by atoms with E-state index in [1.807, 2.05) is 6.92 Å². The van der Waals surface area contributed by atoms with Gasteiger partial charge in [0, 0.05) is 6.54 Å². The number of alkyl halides is 3. The fraction of sp³-hybridized carbons (Fsp3) is 0.364. The molecule has 0 saturated heterocycles. The van der Waals surface area contributed by atoms with E-state index >= 15 is 0 Å². The number of halogens is 3. The van der Waals surface area contributed by atoms with Gasteiger partial charge in [-0.15, -0.1) is 0 Å². The van der Waals surface area contributed by atoms with Crippen molar-refractivity contribution in [1.29, 1.82) is 0 Å². The van der Waals surface area contributed by atoms with E-state index in [9.17, 15) is 13.2 Å². The molecule has 0 radical (unpaired) electrons. The molecule has 0 atom stereocenters. The standard InChI is InChI=1S/C11H11F3N2/c1-2-16-9-6-4-3-5-8(9)15-10(16)7-11(12,13)14/h3-6H,2,7H2,1H3. The third kappa shape index (κ3) is 2.03. The Kier molecular flexibility index (Phi) is 2.61. The first-order chi connectivity index (χ1) is 7.51. The van der Waals surface area contributed by atoms with Crippen molar-refractivity contribution in [3.8, 4) is 0 Å². The summed E-state index contributed by atoms with van der Waals surface area (Å²) in [4.78, 5) is 4.01. The molecular weight excluding hydrogens is 217 g/mol. The van der Waals surface area contributed by atoms with Crippen LogP contribution in [-0.4, -0.2) is 15.7 Å². The lowest BCUT2D eigenvalue weighted by molar-refractivity contribution is -0.128. The lowest BCUT2D eigenvalue weighted by Crippen LogP contribution is -2.16. The van der Waals surface area contributed by atoms with Crippen molar-refractivity contribution in [1.82, 2.24) is 9.55 Å². The number of imidazole rings is 1. The Bertz CT molecular complexity index is 499. The minimum Gasteiger partial charge on any atom is -0.328 e. The number of aromatic nitrogens is 2. The quantitative estimate of drug-likeness (QED) is 0.772. The van der Waals surface area contributed by atoms with Gasteiger partial charge in [0.05, 0.1) is 11.0 Å². The molecule has 0 bridgehead atoms. The average molecular weight is 228 g/mol. The number of rotatable bonds is 2. The van der Waals surface area contributed by atoms with Gasteiger partial charge in [-0.3, -0.25) is 0 Å². The predicted molar refractivity (Wildman–Crippen MR) is 55.2 cm³/mol. The molecule has 2 rings (SSSR count). The minimum absolute atomic E-state index is 0.0798. The number of benzene rings is 1. The third-order valence-corrected chi connectivity index (χ3v) is 2.41. The zero-order valence-corrected chi connectivity index (χ0v) is 8.75. The van der Waals surface area contributed by atoms with Crippen LogP contribution in [0.4, 0.5) is 13.2 Å². The van der Waals surface area contributed by atoms with E-state index in [4.69, 9.17) is 0 Å². The Balaban J connectivity index is 2.52. The lowest BCUT2D eigenvalue weighted by Gasteiger charge is -2.08. The Morgan fingerprint density at radius 2 is 1.94 bits per heavy atom. The third-order valence-electron chi connectivity index (χ3n) is 2.41. The summed E-state index contributed by atoms with van der Waals surface area (Å²) in [6, 6.07) is 7.08. The van der Waals surface area contributed by atoms with Gasteiger partial charge < -0.3 is 4.57 Å². The van der Waals surface area contributed by atoms with Crippen LogP contribution >= 0.6 is 0 Å². The summed E-state index contributed by atoms with van der Waals surface area (Å²) >= 11 is 0. The first kappa shape index (κ1) is 11.0. The number of fused-ring (bicyclic) bond motifs is 1. The normalized spacial score (nSPS) is 12.2. The second-order valence-electron chi connectivity index (χ2n) is 3.55. The summed E-state index contributed by atoms with van der Waals surface area (Å²) in [5, 5.41) is 0. The van der Waals surface area contributed by atoms with Crippen LogP contribution < -0.4 is 0 Å². The number of aryl methyl sites for hydroxylation is 1. The molecule has 1 heterocycles. The van der Waals surface area contributed by atoms with Crippen molar-refractivity contribution < 1.29 is 13.2 Å². The highest BCUT2D eigenvalue weighted by molar-refractivity contribution is 5.75. The van der Waals surface area contributed by atoms with E-state index < -0.39 is 12.6 Å². The summed E-state index contributed by atoms with van der Waals surface area (Å²) in [5.74, 6) is 0.0798. The monoisotopic (exact) mass is 228 g/mol. The molecule has 0 N–H and O–H groups in total. The lowest BCUT2D eigenvalue weighted by atomic mass is 10.3. The van der Waals surface area contributed by atoms with Gasteiger partial charge >= 0.3 is 6.18 Å². The largest absolute Gasteiger partial charge is 0.396 e. The molecule has 2 nitrogen and oxygen atoms in total. The Hall–Kier alpha value is -1.52. The summed E-state index contributed by atoms with van der Waals surface area (Å²) in [7, 11) is 0. The maximum Gasteiger partial charge on any atom is 0.396 e. The van der Waals surface area contributed by atoms with E-state index in [0.717, 1.165) is 5.52 Å². The molecule has 16 heavy (non-hydrogen) atoms. The first-order valence-corrected chi connectivity index (χ1v) is 5.02. The molecule has 0 amide bonds. The van der Waals surface area contributed by atoms with Crippen LogP contribution in [0, 0.1) is 0 Å². The molecule has 1 aromatic heterocycles. The van der Waals surface area contributed by atoms with Crippen LogP contribution in [0.5, 0.6) is 0 Å². The molecule has 5 heteroatoms. The fourth-order valence-corrected chi connectivity index (χ4v) is 1.79. The molecule has 0 saturated carbocycles. The predicted octanol–water partition coefficient (Wildman–Crippen LogP) is 3.16. The van der Waals surface area contributed by atoms with E-state index in [1.165, 1.54) is 0 Å². The second kappa shape index (κ2) is 3.81. The molecule has 0 aliphatic carbocycles. The number of nitrogens with zero attached hydrogens (tertiary/aromatic N) is 2. The van der Waals surface area contributed by atoms with E-state index in [-0.39, 0.29) is 5.82 Å². The molecule has 0 spiro atoms. The van der Waals surface area contributed by atoms with Crippen molar-refractivity contribution in [3.05, 3.63) is 30.1 Å². The fourth-order valence-electron chi connectivity index (χ4n) is 1.79. The molecular formula is C11H11F3N2. The molecule has 0 aliphatic rings. The maximum atomic E-state index is 12.3. The van der Waals surface area contributed by atoms with Crippen molar-refractivity contribution in [3.63, 3.8) is 0 Å². The van der Waals surface area contributed by atoms with Crippen LogP contribution in [-0.2, 0) is 13.0 Å². The first-order valence-electron chi connectivity index (χ1n) is 5.02. The van der Waals surface area contributed by atoms with Crippen LogP contribution in [0.3, 0.4) is 0 Å². The second-order valence-corrected chi connectivity index (χ2v) is 3.55. The summed E-state index contributed by atoms with van der Waals surface area (Å²) in [5.41, 5.74) is 1.37. The molecule has 86 valence electrons. The summed E-state index contributed by atoms with van der Waals surface area (Å²) < 4.78 is 38.6. The average Bonchev–Trinajstić information content (AvgIpc) is 2.51. The molecule has 0 unspecified atom stereocenters. The van der Waals surface area contributed by atoms with E-state index in [0.29, 0.717) is 12.1 Å². The van der Waals surface area contributed by atoms with E-state index in [2.05, 4.69) is 4.98 Å². The number of hydrogen-bond donors (Lipinski definition) is 0. The minimum atomic E-state index is -4.21. The highest BCUT2D eigenvalue weighted by Gasteiger charge is 2.30. The van der Waals surface area contributed by atoms with Crippen molar-refractivity contribution >= 4 is 11.0 Å². The van der Waals surface area contributed by atoms with Gasteiger partial charge in [-0.25, -0.2) is 4.98 Å². The molecule has 0 aliphatic heterocycles. The van der Waals surface area contributed by atoms with Gasteiger partial charge in [0.2, 0.25) is 0 Å². The molecule has 1 aromatic carbocycles. The Labute approximate surface area is 90.7 Å². The van der Waals surface area contributed by atoms with Gasteiger partial charge in [0.1, 0.15) is 12.2 Å². The SMILES string of the molecule is CCn1c(CC(F)(F)F)nc2ccccc21. The topological polar surface area (TPSA) is 17.8 Å². The summed E-state index contributed by atoms with van der Waals surface area (Å²) in [6.07, 6.45) is -5.19. The van der Waals surface area contributed by atoms with Crippen molar-refractivity contribution in [2.75, 3.05) is 0 Å². The van der Waals surface area contributed by atoms with Gasteiger partial charge in [-0.05, 0) is 19.1 Å². The maximum absolute atomic E-state index is 12.3. The van der Waals surface area contributed by atoms with Crippen molar-refractivity contribution in [2.45, 2.75) is 26.1 Å². The summed E-state index contributed by atoms with van der Waals surface area (Å²) in [6.45, 7) is 2.31. The van der Waals surface area contributed by atoms with Gasteiger partial charge in [-0.1, -0.05) is 12.1 Å². The number of hydrogen-bond acceptors (Lipinski definition) is 1. The number of para-hydroxylation sites is 2. The highest BCUT2D eigenvalue weighted by atomic mass is 19.4. The van der Waals surface area contributed by atoms with Crippen LogP contribution in [0.1, 0.15) is 12.7 Å². The van der Waals surface area contributed by atoms with Gasteiger partial charge in [0.25, 0.3) is 0 Å². The highest BCUT2D eigenvalue weighted by Crippen LogP contribution is 2.24. The van der Waals surface area contributed by atoms with Gasteiger partial charge in [-0.2, -0.15) is 13.2 Å². The molecule has 0 fully saturated rings. The van der Waals surface area contributed by atoms with E-state index in [1.54, 1.807) is 28.8 Å². The van der Waals surface area contributed by atoms with Crippen LogP contribution in [0.25, 0.3) is 11.0 Å². The Morgan fingerprint density at radius 1 is 1.25 bits per heavy atom. The zero-order chi connectivity index (χ0) is 11.8. The van der Waals surface area contributed by atoms with Gasteiger partial charge in [0.15, 0.2) is 0 Å². The Morgan fingerprint density at radius 3 is 2.56 bits per heavy atom. The zero-order valence-electron chi connectivity index (χ0n) is 8.75. The van der Waals surface area contributed by atoms with Crippen molar-refractivity contribution in [2.24, 2.45) is 0 Å². The van der Waals surface area contributed by atoms with Crippen LogP contribution in [0.15, 0.2) is 24.3 Å². The van der Waals surface area contributed by atoms with Crippen LogP contribution in [0.2, 0.25) is 0 Å². The smallest absolute Gasteiger partial charge is 0.328 e. The molecule has 2 aromatic rings.